The average molecular weight is 144 g/mol. The Morgan fingerprint density at radius 3 is 2.70 bits per heavy atom. The van der Waals surface area contributed by atoms with Gasteiger partial charge in [-0.15, -0.1) is 0 Å². The van der Waals surface area contributed by atoms with Crippen LogP contribution in [0.5, 0.6) is 0 Å². The highest BCUT2D eigenvalue weighted by Gasteiger charge is 2.26. The molecule has 0 saturated carbocycles. The van der Waals surface area contributed by atoms with Crippen molar-refractivity contribution < 1.29 is 14.6 Å². The molecule has 10 heavy (non-hydrogen) atoms. The lowest BCUT2D eigenvalue weighted by molar-refractivity contribution is -0.0764. The van der Waals surface area contributed by atoms with E-state index in [1.165, 1.54) is 6.26 Å². The second-order valence-corrected chi connectivity index (χ2v) is 2.36. The Morgan fingerprint density at radius 1 is 1.60 bits per heavy atom. The van der Waals surface area contributed by atoms with Crippen LogP contribution in [0.1, 0.15) is 6.92 Å². The highest BCUT2D eigenvalue weighted by molar-refractivity contribution is 4.96. The lowest BCUT2D eigenvalue weighted by Crippen LogP contribution is -2.39. The summed E-state index contributed by atoms with van der Waals surface area (Å²) in [6, 6.07) is 0. The van der Waals surface area contributed by atoms with E-state index in [4.69, 9.17) is 9.47 Å². The smallest absolute Gasteiger partial charge is 0.124 e. The van der Waals surface area contributed by atoms with Crippen molar-refractivity contribution in [3.8, 4) is 0 Å². The summed E-state index contributed by atoms with van der Waals surface area (Å²) in [6.45, 7) is 1.86. The number of aliphatic hydroxyl groups is 1. The first-order chi connectivity index (χ1) is 4.75. The van der Waals surface area contributed by atoms with Gasteiger partial charge in [-0.1, -0.05) is 0 Å². The summed E-state index contributed by atoms with van der Waals surface area (Å²) in [5.74, 6) is 0. The molecule has 0 saturated heterocycles. The van der Waals surface area contributed by atoms with Gasteiger partial charge >= 0.3 is 0 Å². The molecule has 0 bridgehead atoms. The molecule has 0 amide bonds. The maximum absolute atomic E-state index is 9.25. The topological polar surface area (TPSA) is 38.7 Å². The van der Waals surface area contributed by atoms with Crippen molar-refractivity contribution in [2.75, 3.05) is 7.11 Å². The van der Waals surface area contributed by atoms with E-state index in [0.29, 0.717) is 0 Å². The summed E-state index contributed by atoms with van der Waals surface area (Å²) in [6.07, 6.45) is 2.25. The van der Waals surface area contributed by atoms with E-state index in [-0.39, 0.29) is 12.2 Å². The van der Waals surface area contributed by atoms with Crippen LogP contribution in [0.25, 0.3) is 0 Å². The molecule has 3 heteroatoms. The molecule has 1 N–H and O–H groups in total. The Kier molecular flexibility index (Phi) is 2.29. The molecule has 0 aromatic heterocycles. The summed E-state index contributed by atoms with van der Waals surface area (Å²) in [5, 5.41) is 9.25. The summed E-state index contributed by atoms with van der Waals surface area (Å²) < 4.78 is 10.1. The van der Waals surface area contributed by atoms with Crippen LogP contribution >= 0.6 is 0 Å². The molecule has 0 aliphatic carbocycles. The van der Waals surface area contributed by atoms with Crippen LogP contribution in [0.4, 0.5) is 0 Å². The molecular formula is C7H12O3. The highest BCUT2D eigenvalue weighted by atomic mass is 16.5. The summed E-state index contributed by atoms with van der Waals surface area (Å²) in [5.41, 5.74) is 0. The van der Waals surface area contributed by atoms with Gasteiger partial charge in [-0.05, 0) is 13.0 Å². The molecule has 0 unspecified atom stereocenters. The van der Waals surface area contributed by atoms with E-state index < -0.39 is 6.10 Å². The maximum atomic E-state index is 9.25. The molecule has 0 radical (unpaired) electrons. The quantitative estimate of drug-likeness (QED) is 0.575. The average Bonchev–Trinajstić information content (AvgIpc) is 1.88. The molecule has 1 aliphatic rings. The lowest BCUT2D eigenvalue weighted by Gasteiger charge is -2.28. The SMILES string of the molecule is CO[C@H]1[C@H](O)C=CO[C@H]1C. The predicted molar refractivity (Wildman–Crippen MR) is 36.5 cm³/mol. The van der Waals surface area contributed by atoms with Gasteiger partial charge in [-0.2, -0.15) is 0 Å². The minimum atomic E-state index is -0.534. The third-order valence-electron chi connectivity index (χ3n) is 1.64. The number of hydrogen-bond acceptors (Lipinski definition) is 3. The lowest BCUT2D eigenvalue weighted by atomic mass is 10.1. The molecule has 58 valence electrons. The maximum Gasteiger partial charge on any atom is 0.124 e. The number of aliphatic hydroxyl groups excluding tert-OH is 1. The molecular weight excluding hydrogens is 132 g/mol. The standard InChI is InChI=1S/C7H12O3/c1-5-7(9-2)6(8)3-4-10-5/h3-8H,1-2H3/t5-,6+,7+/m0/s1. The Morgan fingerprint density at radius 2 is 2.30 bits per heavy atom. The second kappa shape index (κ2) is 3.03. The second-order valence-electron chi connectivity index (χ2n) is 2.36. The minimum absolute atomic E-state index is 0.0648. The molecule has 1 aliphatic heterocycles. The van der Waals surface area contributed by atoms with Crippen molar-refractivity contribution >= 4 is 0 Å². The van der Waals surface area contributed by atoms with Crippen LogP contribution in [-0.4, -0.2) is 30.5 Å². The molecule has 0 spiro atoms. The molecule has 1 rings (SSSR count). The van der Waals surface area contributed by atoms with Gasteiger partial charge in [0.25, 0.3) is 0 Å². The van der Waals surface area contributed by atoms with Gasteiger partial charge < -0.3 is 14.6 Å². The van der Waals surface area contributed by atoms with E-state index in [9.17, 15) is 5.11 Å². The highest BCUT2D eigenvalue weighted by Crippen LogP contribution is 2.13. The number of rotatable bonds is 1. The first kappa shape index (κ1) is 7.57. The number of methoxy groups -OCH3 is 1. The zero-order chi connectivity index (χ0) is 7.56. The van der Waals surface area contributed by atoms with E-state index >= 15 is 0 Å². The van der Waals surface area contributed by atoms with E-state index in [0.717, 1.165) is 0 Å². The van der Waals surface area contributed by atoms with E-state index in [2.05, 4.69) is 0 Å². The molecule has 3 nitrogen and oxygen atoms in total. The normalized spacial score (nSPS) is 39.3. The molecule has 1 heterocycles. The van der Waals surface area contributed by atoms with Crippen molar-refractivity contribution in [1.29, 1.82) is 0 Å². The zero-order valence-electron chi connectivity index (χ0n) is 6.15. The van der Waals surface area contributed by atoms with Crippen LogP contribution in [-0.2, 0) is 9.47 Å². The summed E-state index contributed by atoms with van der Waals surface area (Å²) in [4.78, 5) is 0. The Bertz CT molecular complexity index is 133. The molecule has 0 fully saturated rings. The van der Waals surface area contributed by atoms with Crippen molar-refractivity contribution in [3.63, 3.8) is 0 Å². The van der Waals surface area contributed by atoms with E-state index in [1.54, 1.807) is 13.2 Å². The van der Waals surface area contributed by atoms with Crippen molar-refractivity contribution in [1.82, 2.24) is 0 Å². The monoisotopic (exact) mass is 144 g/mol. The van der Waals surface area contributed by atoms with Gasteiger partial charge in [0.05, 0.1) is 6.26 Å². The fourth-order valence-electron chi connectivity index (χ4n) is 1.05. The number of ether oxygens (including phenoxy) is 2. The predicted octanol–water partition coefficient (Wildman–Crippen LogP) is 0.295. The van der Waals surface area contributed by atoms with Gasteiger partial charge in [-0.25, -0.2) is 0 Å². The molecule has 3 atom stereocenters. The van der Waals surface area contributed by atoms with Crippen LogP contribution in [0.2, 0.25) is 0 Å². The fourth-order valence-corrected chi connectivity index (χ4v) is 1.05. The Balaban J connectivity index is 2.58. The first-order valence-corrected chi connectivity index (χ1v) is 3.28. The van der Waals surface area contributed by atoms with Gasteiger partial charge in [0.2, 0.25) is 0 Å². The summed E-state index contributed by atoms with van der Waals surface area (Å²) >= 11 is 0. The minimum Gasteiger partial charge on any atom is -0.496 e. The largest absolute Gasteiger partial charge is 0.496 e. The van der Waals surface area contributed by atoms with E-state index in [1.807, 2.05) is 6.92 Å². The third-order valence-corrected chi connectivity index (χ3v) is 1.64. The number of hydrogen-bond donors (Lipinski definition) is 1. The van der Waals surface area contributed by atoms with Crippen LogP contribution in [0.3, 0.4) is 0 Å². The zero-order valence-corrected chi connectivity index (χ0v) is 6.15. The molecule has 0 aromatic carbocycles. The third kappa shape index (κ3) is 1.30. The molecule has 0 aromatic rings. The van der Waals surface area contributed by atoms with Gasteiger partial charge in [0.1, 0.15) is 18.3 Å². The van der Waals surface area contributed by atoms with Gasteiger partial charge in [0.15, 0.2) is 0 Å². The van der Waals surface area contributed by atoms with Gasteiger partial charge in [0, 0.05) is 7.11 Å². The Hall–Kier alpha value is -0.540. The first-order valence-electron chi connectivity index (χ1n) is 3.28. The van der Waals surface area contributed by atoms with Crippen molar-refractivity contribution in [2.45, 2.75) is 25.2 Å². The van der Waals surface area contributed by atoms with Crippen LogP contribution in [0.15, 0.2) is 12.3 Å². The van der Waals surface area contributed by atoms with Crippen molar-refractivity contribution in [3.05, 3.63) is 12.3 Å². The van der Waals surface area contributed by atoms with Crippen molar-refractivity contribution in [2.24, 2.45) is 0 Å². The van der Waals surface area contributed by atoms with Crippen LogP contribution in [0, 0.1) is 0 Å². The fraction of sp³-hybridized carbons (Fsp3) is 0.714. The van der Waals surface area contributed by atoms with Crippen LogP contribution < -0.4 is 0 Å². The summed E-state index contributed by atoms with van der Waals surface area (Å²) in [7, 11) is 1.56. The Labute approximate surface area is 60.3 Å². The van der Waals surface area contributed by atoms with Gasteiger partial charge in [-0.3, -0.25) is 0 Å².